The highest BCUT2D eigenvalue weighted by atomic mass is 16.5. The van der Waals surface area contributed by atoms with E-state index < -0.39 is 0 Å². The second-order valence-electron chi connectivity index (χ2n) is 5.71. The fourth-order valence-corrected chi connectivity index (χ4v) is 3.12. The zero-order valence-corrected chi connectivity index (χ0v) is 11.8. The molecule has 1 aromatic rings. The molecule has 108 valence electrons. The van der Waals surface area contributed by atoms with Crippen LogP contribution in [0, 0.1) is 5.92 Å². The van der Waals surface area contributed by atoms with Gasteiger partial charge in [-0.25, -0.2) is 0 Å². The van der Waals surface area contributed by atoms with Crippen molar-refractivity contribution in [2.45, 2.75) is 25.7 Å². The number of benzene rings is 1. The summed E-state index contributed by atoms with van der Waals surface area (Å²) in [6.45, 7) is 2.98. The maximum absolute atomic E-state index is 12.4. The third-order valence-electron chi connectivity index (χ3n) is 4.29. The Hall–Kier alpha value is -1.55. The number of ether oxygens (including phenoxy) is 1. The lowest BCUT2D eigenvalue weighted by atomic mass is 9.96. The summed E-state index contributed by atoms with van der Waals surface area (Å²) < 4.78 is 5.51. The Bertz CT molecular complexity index is 495. The van der Waals surface area contributed by atoms with Crippen LogP contribution >= 0.6 is 0 Å². The van der Waals surface area contributed by atoms with Crippen molar-refractivity contribution >= 4 is 5.91 Å². The minimum absolute atomic E-state index is 0.0894. The van der Waals surface area contributed by atoms with Crippen LogP contribution in [0.1, 0.15) is 24.0 Å². The maximum Gasteiger partial charge on any atom is 0.227 e. The molecule has 1 unspecified atom stereocenters. The fourth-order valence-electron chi connectivity index (χ4n) is 3.12. The van der Waals surface area contributed by atoms with E-state index in [2.05, 4.69) is 12.1 Å². The predicted molar refractivity (Wildman–Crippen MR) is 77.7 cm³/mol. The van der Waals surface area contributed by atoms with Gasteiger partial charge in [0.15, 0.2) is 0 Å². The number of carbonyl (C=O) groups is 1. The van der Waals surface area contributed by atoms with E-state index in [0.29, 0.717) is 6.54 Å². The molecule has 0 spiro atoms. The molecule has 1 saturated heterocycles. The number of fused-ring (bicyclic) bond motifs is 1. The van der Waals surface area contributed by atoms with Gasteiger partial charge in [-0.05, 0) is 36.5 Å². The van der Waals surface area contributed by atoms with Gasteiger partial charge in [0.1, 0.15) is 5.75 Å². The average Bonchev–Trinajstić information content (AvgIpc) is 3.14. The molecule has 2 heterocycles. The smallest absolute Gasteiger partial charge is 0.227 e. The van der Waals surface area contributed by atoms with Gasteiger partial charge in [0.2, 0.25) is 5.91 Å². The van der Waals surface area contributed by atoms with E-state index in [1.54, 1.807) is 0 Å². The van der Waals surface area contributed by atoms with E-state index in [9.17, 15) is 4.79 Å². The zero-order valence-electron chi connectivity index (χ0n) is 11.8. The van der Waals surface area contributed by atoms with Crippen LogP contribution < -0.4 is 10.5 Å². The molecule has 1 fully saturated rings. The van der Waals surface area contributed by atoms with Crippen LogP contribution in [0.2, 0.25) is 0 Å². The second-order valence-corrected chi connectivity index (χ2v) is 5.71. The number of rotatable bonds is 4. The van der Waals surface area contributed by atoms with Gasteiger partial charge < -0.3 is 15.4 Å². The third kappa shape index (κ3) is 2.66. The average molecular weight is 274 g/mol. The Morgan fingerprint density at radius 3 is 2.90 bits per heavy atom. The summed E-state index contributed by atoms with van der Waals surface area (Å²) in [5.41, 5.74) is 8.28. The Labute approximate surface area is 119 Å². The molecular weight excluding hydrogens is 252 g/mol. The van der Waals surface area contributed by atoms with Gasteiger partial charge in [0.25, 0.3) is 0 Å². The maximum atomic E-state index is 12.4. The lowest BCUT2D eigenvalue weighted by Gasteiger charge is -2.22. The van der Waals surface area contributed by atoms with Gasteiger partial charge in [0, 0.05) is 26.1 Å². The number of likely N-dealkylation sites (tertiary alicyclic amines) is 1. The minimum atomic E-state index is -0.0894. The molecule has 1 atom stereocenters. The first-order valence-electron chi connectivity index (χ1n) is 7.51. The summed E-state index contributed by atoms with van der Waals surface area (Å²) in [7, 11) is 0. The Morgan fingerprint density at radius 1 is 1.35 bits per heavy atom. The van der Waals surface area contributed by atoms with E-state index in [0.717, 1.165) is 51.1 Å². The van der Waals surface area contributed by atoms with Crippen molar-refractivity contribution in [3.05, 3.63) is 29.3 Å². The highest BCUT2D eigenvalue weighted by Crippen LogP contribution is 2.27. The van der Waals surface area contributed by atoms with Crippen LogP contribution in [0.15, 0.2) is 18.2 Å². The Kier molecular flexibility index (Phi) is 3.92. The lowest BCUT2D eigenvalue weighted by Crippen LogP contribution is -2.38. The minimum Gasteiger partial charge on any atom is -0.493 e. The number of hydrogen-bond donors (Lipinski definition) is 1. The highest BCUT2D eigenvalue weighted by Gasteiger charge is 2.26. The van der Waals surface area contributed by atoms with Gasteiger partial charge in [-0.15, -0.1) is 0 Å². The number of nitrogens with zero attached hydrogens (tertiary/aromatic N) is 1. The van der Waals surface area contributed by atoms with E-state index in [1.165, 1.54) is 11.1 Å². The van der Waals surface area contributed by atoms with Crippen molar-refractivity contribution in [2.75, 3.05) is 26.2 Å². The summed E-state index contributed by atoms with van der Waals surface area (Å²) in [5.74, 6) is 1.12. The van der Waals surface area contributed by atoms with Crippen molar-refractivity contribution in [1.29, 1.82) is 0 Å². The van der Waals surface area contributed by atoms with Gasteiger partial charge in [0.05, 0.1) is 12.5 Å². The zero-order chi connectivity index (χ0) is 13.9. The standard InChI is InChI=1S/C16H22N2O2/c17-11-14(16(19)18-6-1-2-7-18)10-12-3-4-15-13(9-12)5-8-20-15/h3-4,9,14H,1-2,5-8,10-11,17H2. The van der Waals surface area contributed by atoms with Crippen LogP contribution in [0.3, 0.4) is 0 Å². The van der Waals surface area contributed by atoms with Crippen LogP contribution in [-0.2, 0) is 17.6 Å². The number of amides is 1. The first kappa shape index (κ1) is 13.4. The summed E-state index contributed by atoms with van der Waals surface area (Å²) in [4.78, 5) is 14.4. The quantitative estimate of drug-likeness (QED) is 0.902. The molecule has 0 aliphatic carbocycles. The number of hydrogen-bond acceptors (Lipinski definition) is 3. The molecule has 0 bridgehead atoms. The van der Waals surface area contributed by atoms with E-state index in [4.69, 9.17) is 10.5 Å². The molecule has 1 aromatic carbocycles. The number of nitrogens with two attached hydrogens (primary N) is 1. The van der Waals surface area contributed by atoms with Crippen LogP contribution in [0.5, 0.6) is 5.75 Å². The molecule has 2 N–H and O–H groups in total. The lowest BCUT2D eigenvalue weighted by molar-refractivity contribution is -0.134. The third-order valence-corrected chi connectivity index (χ3v) is 4.29. The molecule has 4 nitrogen and oxygen atoms in total. The van der Waals surface area contributed by atoms with Gasteiger partial charge in [-0.1, -0.05) is 12.1 Å². The first-order chi connectivity index (χ1) is 9.78. The van der Waals surface area contributed by atoms with Crippen molar-refractivity contribution in [1.82, 2.24) is 4.90 Å². The number of carbonyl (C=O) groups excluding carboxylic acids is 1. The molecule has 0 radical (unpaired) electrons. The largest absolute Gasteiger partial charge is 0.493 e. The van der Waals surface area contributed by atoms with E-state index >= 15 is 0 Å². The second kappa shape index (κ2) is 5.83. The van der Waals surface area contributed by atoms with Crippen molar-refractivity contribution < 1.29 is 9.53 Å². The van der Waals surface area contributed by atoms with Crippen LogP contribution in [-0.4, -0.2) is 37.0 Å². The normalized spacial score (nSPS) is 18.8. The first-order valence-corrected chi connectivity index (χ1v) is 7.51. The monoisotopic (exact) mass is 274 g/mol. The Morgan fingerprint density at radius 2 is 2.15 bits per heavy atom. The molecular formula is C16H22N2O2. The van der Waals surface area contributed by atoms with Crippen molar-refractivity contribution in [2.24, 2.45) is 11.7 Å². The SMILES string of the molecule is NCC(Cc1ccc2c(c1)CCO2)C(=O)N1CCCC1. The summed E-state index contributed by atoms with van der Waals surface area (Å²) in [6.07, 6.45) is 3.95. The van der Waals surface area contributed by atoms with Gasteiger partial charge in [-0.2, -0.15) is 0 Å². The van der Waals surface area contributed by atoms with Crippen molar-refractivity contribution in [3.8, 4) is 5.75 Å². The Balaban J connectivity index is 1.69. The molecule has 4 heteroatoms. The molecule has 0 saturated carbocycles. The topological polar surface area (TPSA) is 55.6 Å². The molecule has 1 amide bonds. The summed E-state index contributed by atoms with van der Waals surface area (Å²) >= 11 is 0. The van der Waals surface area contributed by atoms with E-state index in [1.807, 2.05) is 11.0 Å². The molecule has 2 aliphatic heterocycles. The summed E-state index contributed by atoms with van der Waals surface area (Å²) in [5, 5.41) is 0. The van der Waals surface area contributed by atoms with Crippen LogP contribution in [0.25, 0.3) is 0 Å². The van der Waals surface area contributed by atoms with Gasteiger partial charge in [-0.3, -0.25) is 4.79 Å². The molecule has 3 rings (SSSR count). The summed E-state index contributed by atoms with van der Waals surface area (Å²) in [6, 6.07) is 6.25. The van der Waals surface area contributed by atoms with Crippen LogP contribution in [0.4, 0.5) is 0 Å². The fraction of sp³-hybridized carbons (Fsp3) is 0.562. The highest BCUT2D eigenvalue weighted by molar-refractivity contribution is 5.79. The van der Waals surface area contributed by atoms with Crippen molar-refractivity contribution in [3.63, 3.8) is 0 Å². The molecule has 2 aliphatic rings. The molecule has 20 heavy (non-hydrogen) atoms. The predicted octanol–water partition coefficient (Wildman–Crippen LogP) is 1.36. The van der Waals surface area contributed by atoms with E-state index in [-0.39, 0.29) is 11.8 Å². The molecule has 0 aromatic heterocycles. The van der Waals surface area contributed by atoms with Gasteiger partial charge >= 0.3 is 0 Å².